The summed E-state index contributed by atoms with van der Waals surface area (Å²) in [5.41, 5.74) is 2.34. The predicted octanol–water partition coefficient (Wildman–Crippen LogP) is 3.75. The number of hydrogen-bond donors (Lipinski definition) is 1. The number of hydrogen-bond acceptors (Lipinski definition) is 3. The Morgan fingerprint density at radius 2 is 1.85 bits per heavy atom. The topological polar surface area (TPSA) is 66.5 Å². The van der Waals surface area contributed by atoms with Crippen LogP contribution in [0.3, 0.4) is 0 Å². The molecular formula is C19H21ClN2O3S. The van der Waals surface area contributed by atoms with Gasteiger partial charge in [0.1, 0.15) is 6.04 Å². The molecule has 2 aromatic carbocycles. The molecule has 1 atom stereocenters. The maximum atomic E-state index is 13.0. The van der Waals surface area contributed by atoms with E-state index in [4.69, 9.17) is 11.6 Å². The number of aryl methyl sites for hydroxylation is 1. The first-order chi connectivity index (χ1) is 12.3. The van der Waals surface area contributed by atoms with Crippen LogP contribution in [0.25, 0.3) is 0 Å². The molecule has 1 saturated heterocycles. The first-order valence-corrected chi connectivity index (χ1v) is 10.3. The summed E-state index contributed by atoms with van der Waals surface area (Å²) >= 11 is 6.09. The van der Waals surface area contributed by atoms with Crippen LogP contribution in [0, 0.1) is 13.8 Å². The second-order valence-corrected chi connectivity index (χ2v) is 8.79. The molecule has 26 heavy (non-hydrogen) atoms. The van der Waals surface area contributed by atoms with Gasteiger partial charge in [0.05, 0.1) is 4.90 Å². The molecule has 2 aromatic rings. The van der Waals surface area contributed by atoms with Crippen LogP contribution in [0.2, 0.25) is 5.02 Å². The fourth-order valence-corrected chi connectivity index (χ4v) is 4.93. The Labute approximate surface area is 159 Å². The number of carbonyl (C=O) groups excluding carboxylic acids is 1. The van der Waals surface area contributed by atoms with Crippen LogP contribution < -0.4 is 5.32 Å². The van der Waals surface area contributed by atoms with Crippen molar-refractivity contribution < 1.29 is 13.2 Å². The number of benzene rings is 2. The monoisotopic (exact) mass is 392 g/mol. The Hall–Kier alpha value is -1.89. The van der Waals surface area contributed by atoms with Gasteiger partial charge in [0.2, 0.25) is 15.9 Å². The lowest BCUT2D eigenvalue weighted by atomic mass is 10.1. The molecule has 0 spiro atoms. The van der Waals surface area contributed by atoms with Crippen molar-refractivity contribution in [2.24, 2.45) is 0 Å². The number of amides is 1. The molecule has 1 N–H and O–H groups in total. The molecule has 1 amide bonds. The molecule has 0 radical (unpaired) electrons. The van der Waals surface area contributed by atoms with Crippen LogP contribution in [0.15, 0.2) is 47.4 Å². The van der Waals surface area contributed by atoms with E-state index in [9.17, 15) is 13.2 Å². The smallest absolute Gasteiger partial charge is 0.243 e. The summed E-state index contributed by atoms with van der Waals surface area (Å²) in [5.74, 6) is -0.330. The molecule has 138 valence electrons. The molecule has 0 bridgehead atoms. The third-order valence-electron chi connectivity index (χ3n) is 4.66. The molecular weight excluding hydrogens is 372 g/mol. The van der Waals surface area contributed by atoms with Crippen LogP contribution in [-0.4, -0.2) is 31.2 Å². The number of carbonyl (C=O) groups is 1. The fraction of sp³-hybridized carbons (Fsp3) is 0.316. The largest absolute Gasteiger partial charge is 0.324 e. The average Bonchev–Trinajstić information content (AvgIpc) is 3.10. The van der Waals surface area contributed by atoms with Crippen molar-refractivity contribution in [2.45, 2.75) is 37.6 Å². The fourth-order valence-electron chi connectivity index (χ4n) is 3.09. The van der Waals surface area contributed by atoms with E-state index in [1.54, 1.807) is 42.5 Å². The normalized spacial score (nSPS) is 18.0. The van der Waals surface area contributed by atoms with Crippen molar-refractivity contribution >= 4 is 33.2 Å². The molecule has 1 aliphatic heterocycles. The SMILES string of the molecule is Cc1ccc(S(=O)(=O)N2CCCC2C(=O)Nc2cccc(Cl)c2C)cc1. The van der Waals surface area contributed by atoms with Gasteiger partial charge in [0, 0.05) is 17.3 Å². The van der Waals surface area contributed by atoms with E-state index in [0.717, 1.165) is 11.1 Å². The second kappa shape index (κ2) is 7.39. The average molecular weight is 393 g/mol. The molecule has 1 heterocycles. The van der Waals surface area contributed by atoms with Crippen molar-refractivity contribution in [3.63, 3.8) is 0 Å². The van der Waals surface area contributed by atoms with Gasteiger partial charge in [-0.05, 0) is 56.5 Å². The lowest BCUT2D eigenvalue weighted by molar-refractivity contribution is -0.119. The van der Waals surface area contributed by atoms with Crippen molar-refractivity contribution in [3.8, 4) is 0 Å². The summed E-state index contributed by atoms with van der Waals surface area (Å²) < 4.78 is 27.2. The first-order valence-electron chi connectivity index (χ1n) is 8.45. The highest BCUT2D eigenvalue weighted by atomic mass is 35.5. The zero-order valence-corrected chi connectivity index (χ0v) is 16.3. The van der Waals surface area contributed by atoms with Gasteiger partial charge in [-0.15, -0.1) is 0 Å². The van der Waals surface area contributed by atoms with E-state index < -0.39 is 16.1 Å². The zero-order valence-electron chi connectivity index (χ0n) is 14.7. The number of sulfonamides is 1. The first kappa shape index (κ1) is 18.9. The van der Waals surface area contributed by atoms with Crippen molar-refractivity contribution in [1.29, 1.82) is 0 Å². The number of rotatable bonds is 4. The van der Waals surface area contributed by atoms with Gasteiger partial charge in [-0.2, -0.15) is 4.31 Å². The highest BCUT2D eigenvalue weighted by Gasteiger charge is 2.39. The minimum absolute atomic E-state index is 0.210. The third kappa shape index (κ3) is 3.63. The quantitative estimate of drug-likeness (QED) is 0.861. The van der Waals surface area contributed by atoms with Gasteiger partial charge in [-0.3, -0.25) is 4.79 Å². The number of nitrogens with one attached hydrogen (secondary N) is 1. The summed E-state index contributed by atoms with van der Waals surface area (Å²) in [7, 11) is -3.71. The molecule has 7 heteroatoms. The summed E-state index contributed by atoms with van der Waals surface area (Å²) in [6, 6.07) is 11.2. The number of nitrogens with zero attached hydrogens (tertiary/aromatic N) is 1. The summed E-state index contributed by atoms with van der Waals surface area (Å²) in [5, 5.41) is 3.38. The maximum Gasteiger partial charge on any atom is 0.243 e. The van der Waals surface area contributed by atoms with E-state index in [0.29, 0.717) is 30.1 Å². The van der Waals surface area contributed by atoms with E-state index >= 15 is 0 Å². The van der Waals surface area contributed by atoms with Gasteiger partial charge in [-0.1, -0.05) is 35.4 Å². The van der Waals surface area contributed by atoms with Gasteiger partial charge in [0.25, 0.3) is 0 Å². The molecule has 0 aliphatic carbocycles. The lowest BCUT2D eigenvalue weighted by Gasteiger charge is -2.24. The van der Waals surface area contributed by atoms with E-state index in [2.05, 4.69) is 5.32 Å². The Bertz CT molecular complexity index is 926. The summed E-state index contributed by atoms with van der Waals surface area (Å²) in [4.78, 5) is 13.0. The third-order valence-corrected chi connectivity index (χ3v) is 6.99. The second-order valence-electron chi connectivity index (χ2n) is 6.49. The Kier molecular flexibility index (Phi) is 5.37. The van der Waals surface area contributed by atoms with Gasteiger partial charge in [0.15, 0.2) is 0 Å². The maximum absolute atomic E-state index is 13.0. The molecule has 5 nitrogen and oxygen atoms in total. The number of halogens is 1. The van der Waals surface area contributed by atoms with E-state index in [-0.39, 0.29) is 10.8 Å². The van der Waals surface area contributed by atoms with Crippen LogP contribution >= 0.6 is 11.6 Å². The molecule has 0 saturated carbocycles. The van der Waals surface area contributed by atoms with Crippen LogP contribution in [0.4, 0.5) is 5.69 Å². The van der Waals surface area contributed by atoms with Gasteiger partial charge >= 0.3 is 0 Å². The summed E-state index contributed by atoms with van der Waals surface area (Å²) in [6.45, 7) is 4.05. The Morgan fingerprint density at radius 1 is 1.15 bits per heavy atom. The van der Waals surface area contributed by atoms with Crippen molar-refractivity contribution in [1.82, 2.24) is 4.31 Å². The van der Waals surface area contributed by atoms with Crippen molar-refractivity contribution in [2.75, 3.05) is 11.9 Å². The van der Waals surface area contributed by atoms with Crippen LogP contribution in [0.1, 0.15) is 24.0 Å². The molecule has 1 fully saturated rings. The van der Waals surface area contributed by atoms with Gasteiger partial charge in [-0.25, -0.2) is 8.42 Å². The van der Waals surface area contributed by atoms with Crippen LogP contribution in [-0.2, 0) is 14.8 Å². The summed E-state index contributed by atoms with van der Waals surface area (Å²) in [6.07, 6.45) is 1.15. The highest BCUT2D eigenvalue weighted by molar-refractivity contribution is 7.89. The molecule has 0 aromatic heterocycles. The van der Waals surface area contributed by atoms with Crippen LogP contribution in [0.5, 0.6) is 0 Å². The highest BCUT2D eigenvalue weighted by Crippen LogP contribution is 2.28. The predicted molar refractivity (Wildman–Crippen MR) is 103 cm³/mol. The Balaban J connectivity index is 1.84. The molecule has 1 unspecified atom stereocenters. The minimum atomic E-state index is -3.71. The van der Waals surface area contributed by atoms with E-state index in [1.165, 1.54) is 4.31 Å². The molecule has 3 rings (SSSR count). The standard InChI is InChI=1S/C19H21ClN2O3S/c1-13-8-10-15(11-9-13)26(24,25)22-12-4-7-18(22)19(23)21-17-6-3-5-16(20)14(17)2/h3,5-6,8-11,18H,4,7,12H2,1-2H3,(H,21,23). The lowest BCUT2D eigenvalue weighted by Crippen LogP contribution is -2.43. The number of anilines is 1. The minimum Gasteiger partial charge on any atom is -0.324 e. The Morgan fingerprint density at radius 3 is 2.54 bits per heavy atom. The molecule has 1 aliphatic rings. The van der Waals surface area contributed by atoms with Gasteiger partial charge < -0.3 is 5.32 Å². The van der Waals surface area contributed by atoms with E-state index in [1.807, 2.05) is 13.8 Å². The zero-order chi connectivity index (χ0) is 18.9. The van der Waals surface area contributed by atoms with Crippen molar-refractivity contribution in [3.05, 3.63) is 58.6 Å².